The van der Waals surface area contributed by atoms with Crippen LogP contribution < -0.4 is 0 Å². The van der Waals surface area contributed by atoms with Crippen molar-refractivity contribution in [2.75, 3.05) is 13.7 Å². The smallest absolute Gasteiger partial charge is 0.407 e. The van der Waals surface area contributed by atoms with Crippen LogP contribution in [0.4, 0.5) is 4.79 Å². The van der Waals surface area contributed by atoms with Gasteiger partial charge in [0.25, 0.3) is 0 Å². The van der Waals surface area contributed by atoms with Crippen LogP contribution in [0.25, 0.3) is 0 Å². The molecule has 0 unspecified atom stereocenters. The average Bonchev–Trinajstić information content (AvgIpc) is 2.56. The van der Waals surface area contributed by atoms with E-state index in [1.54, 1.807) is 0 Å². The van der Waals surface area contributed by atoms with Gasteiger partial charge in [-0.1, -0.05) is 0 Å². The summed E-state index contributed by atoms with van der Waals surface area (Å²) in [5, 5.41) is 8.75. The van der Waals surface area contributed by atoms with E-state index < -0.39 is 11.5 Å². The summed E-state index contributed by atoms with van der Waals surface area (Å²) >= 11 is 0. The fourth-order valence-electron chi connectivity index (χ4n) is 2.32. The molecule has 5 heteroatoms. The average molecular weight is 185 g/mol. The summed E-state index contributed by atoms with van der Waals surface area (Å²) in [5.74, 6) is -0.271. The first kappa shape index (κ1) is 8.34. The quantitative estimate of drug-likeness (QED) is 0.597. The SMILES string of the molecule is COC(=O)C12CC(C1)N(C(=O)O)C2. The van der Waals surface area contributed by atoms with Crippen LogP contribution in [0.3, 0.4) is 0 Å². The maximum atomic E-state index is 11.3. The lowest BCUT2D eigenvalue weighted by molar-refractivity contribution is -0.154. The van der Waals surface area contributed by atoms with Crippen molar-refractivity contribution in [3.63, 3.8) is 0 Å². The van der Waals surface area contributed by atoms with Crippen molar-refractivity contribution in [3.05, 3.63) is 0 Å². The van der Waals surface area contributed by atoms with Gasteiger partial charge < -0.3 is 14.7 Å². The number of methoxy groups -OCH3 is 1. The number of ether oxygens (including phenoxy) is 1. The second-order valence-corrected chi connectivity index (χ2v) is 3.74. The van der Waals surface area contributed by atoms with Gasteiger partial charge in [-0.05, 0) is 12.8 Å². The summed E-state index contributed by atoms with van der Waals surface area (Å²) in [5.41, 5.74) is -0.516. The van der Waals surface area contributed by atoms with Crippen molar-refractivity contribution in [2.45, 2.75) is 18.9 Å². The number of carboxylic acid groups (broad SMARTS) is 1. The van der Waals surface area contributed by atoms with Gasteiger partial charge in [-0.3, -0.25) is 4.79 Å². The summed E-state index contributed by atoms with van der Waals surface area (Å²) in [6, 6.07) is 0.0385. The molecule has 0 atom stereocenters. The molecule has 1 saturated carbocycles. The van der Waals surface area contributed by atoms with E-state index in [-0.39, 0.29) is 12.0 Å². The molecular weight excluding hydrogens is 174 g/mol. The summed E-state index contributed by atoms with van der Waals surface area (Å²) in [7, 11) is 1.34. The number of hydrogen-bond acceptors (Lipinski definition) is 3. The Hall–Kier alpha value is -1.26. The molecule has 1 amide bonds. The van der Waals surface area contributed by atoms with Crippen LogP contribution in [-0.2, 0) is 9.53 Å². The molecule has 13 heavy (non-hydrogen) atoms. The number of carbonyl (C=O) groups excluding carboxylic acids is 1. The maximum Gasteiger partial charge on any atom is 0.407 e. The lowest BCUT2D eigenvalue weighted by atomic mass is 9.70. The minimum absolute atomic E-state index is 0.0385. The predicted molar refractivity (Wildman–Crippen MR) is 42.2 cm³/mol. The maximum absolute atomic E-state index is 11.3. The molecule has 1 N–H and O–H groups in total. The lowest BCUT2D eigenvalue weighted by Crippen LogP contribution is -2.41. The predicted octanol–water partition coefficient (Wildman–Crippen LogP) is 0.302. The highest BCUT2D eigenvalue weighted by molar-refractivity contribution is 5.81. The van der Waals surface area contributed by atoms with Crippen LogP contribution in [0.15, 0.2) is 0 Å². The highest BCUT2D eigenvalue weighted by atomic mass is 16.5. The van der Waals surface area contributed by atoms with E-state index in [1.165, 1.54) is 12.0 Å². The molecule has 0 spiro atoms. The fourth-order valence-corrected chi connectivity index (χ4v) is 2.32. The van der Waals surface area contributed by atoms with Crippen LogP contribution >= 0.6 is 0 Å². The molecule has 0 radical (unpaired) electrons. The number of amides is 1. The summed E-state index contributed by atoms with van der Waals surface area (Å²) < 4.78 is 4.64. The summed E-state index contributed by atoms with van der Waals surface area (Å²) in [6.45, 7) is 0.305. The van der Waals surface area contributed by atoms with Crippen LogP contribution in [-0.4, -0.2) is 41.8 Å². The van der Waals surface area contributed by atoms with Crippen LogP contribution in [0, 0.1) is 5.41 Å². The Morgan fingerprint density at radius 3 is 2.54 bits per heavy atom. The standard InChI is InChI=1S/C8H11NO4/c1-13-6(10)8-2-5(3-8)9(4-8)7(11)12/h5H,2-4H2,1H3,(H,11,12). The van der Waals surface area contributed by atoms with Gasteiger partial charge in [-0.15, -0.1) is 0 Å². The Morgan fingerprint density at radius 1 is 1.54 bits per heavy atom. The first-order chi connectivity index (χ1) is 6.09. The van der Waals surface area contributed by atoms with Crippen molar-refractivity contribution in [1.82, 2.24) is 4.90 Å². The molecule has 2 saturated heterocycles. The normalized spacial score (nSPS) is 35.5. The van der Waals surface area contributed by atoms with E-state index in [1.807, 2.05) is 0 Å². The number of carbonyl (C=O) groups is 2. The molecule has 5 nitrogen and oxygen atoms in total. The lowest BCUT2D eigenvalue weighted by Gasteiger charge is -2.33. The number of fused-ring (bicyclic) bond motifs is 1. The minimum atomic E-state index is -0.937. The second kappa shape index (κ2) is 2.37. The number of esters is 1. The third kappa shape index (κ3) is 0.928. The van der Waals surface area contributed by atoms with Gasteiger partial charge in [0.2, 0.25) is 0 Å². The molecule has 3 fully saturated rings. The highest BCUT2D eigenvalue weighted by Gasteiger charge is 2.61. The van der Waals surface area contributed by atoms with Crippen molar-refractivity contribution in [1.29, 1.82) is 0 Å². The molecule has 2 aliphatic heterocycles. The van der Waals surface area contributed by atoms with Gasteiger partial charge in [-0.2, -0.15) is 0 Å². The van der Waals surface area contributed by atoms with Crippen LogP contribution in [0.2, 0.25) is 0 Å². The topological polar surface area (TPSA) is 66.8 Å². The Bertz CT molecular complexity index is 269. The molecule has 2 bridgehead atoms. The Morgan fingerprint density at radius 2 is 2.15 bits per heavy atom. The monoisotopic (exact) mass is 185 g/mol. The van der Waals surface area contributed by atoms with E-state index in [2.05, 4.69) is 4.74 Å². The molecule has 72 valence electrons. The van der Waals surface area contributed by atoms with Crippen molar-refractivity contribution in [3.8, 4) is 0 Å². The van der Waals surface area contributed by atoms with Crippen LogP contribution in [0.1, 0.15) is 12.8 Å². The number of nitrogens with zero attached hydrogens (tertiary/aromatic N) is 1. The third-order valence-electron chi connectivity index (χ3n) is 3.03. The van der Waals surface area contributed by atoms with E-state index in [4.69, 9.17) is 5.11 Å². The van der Waals surface area contributed by atoms with E-state index in [9.17, 15) is 9.59 Å². The largest absolute Gasteiger partial charge is 0.469 e. The summed E-state index contributed by atoms with van der Waals surface area (Å²) in [6.07, 6.45) is 0.325. The number of rotatable bonds is 1. The molecular formula is C8H11NO4. The molecule has 2 heterocycles. The van der Waals surface area contributed by atoms with Gasteiger partial charge >= 0.3 is 12.1 Å². The highest BCUT2D eigenvalue weighted by Crippen LogP contribution is 2.52. The van der Waals surface area contributed by atoms with Crippen molar-refractivity contribution >= 4 is 12.1 Å². The Kier molecular flexibility index (Phi) is 1.52. The molecule has 0 aromatic heterocycles. The van der Waals surface area contributed by atoms with Crippen molar-refractivity contribution in [2.24, 2.45) is 5.41 Å². The first-order valence-corrected chi connectivity index (χ1v) is 4.17. The first-order valence-electron chi connectivity index (χ1n) is 4.17. The van der Waals surface area contributed by atoms with Gasteiger partial charge in [0.1, 0.15) is 0 Å². The zero-order valence-corrected chi connectivity index (χ0v) is 7.32. The fraction of sp³-hybridized carbons (Fsp3) is 0.750. The van der Waals surface area contributed by atoms with E-state index in [0.29, 0.717) is 19.4 Å². The van der Waals surface area contributed by atoms with Gasteiger partial charge in [0, 0.05) is 12.6 Å². The zero-order chi connectivity index (χ0) is 9.64. The molecule has 0 aromatic rings. The van der Waals surface area contributed by atoms with E-state index >= 15 is 0 Å². The Labute approximate surface area is 75.3 Å². The van der Waals surface area contributed by atoms with Gasteiger partial charge in [0.15, 0.2) is 0 Å². The zero-order valence-electron chi connectivity index (χ0n) is 7.32. The second-order valence-electron chi connectivity index (χ2n) is 3.74. The van der Waals surface area contributed by atoms with Crippen molar-refractivity contribution < 1.29 is 19.4 Å². The van der Waals surface area contributed by atoms with Gasteiger partial charge in [0.05, 0.1) is 12.5 Å². The van der Waals surface area contributed by atoms with Gasteiger partial charge in [-0.25, -0.2) is 4.79 Å². The number of hydrogen-bond donors (Lipinski definition) is 1. The molecule has 1 aliphatic carbocycles. The molecule has 3 aliphatic rings. The van der Waals surface area contributed by atoms with E-state index in [0.717, 1.165) is 0 Å². The molecule has 0 aromatic carbocycles. The summed E-state index contributed by atoms with van der Waals surface area (Å²) in [4.78, 5) is 23.3. The third-order valence-corrected chi connectivity index (χ3v) is 3.03. The van der Waals surface area contributed by atoms with Crippen LogP contribution in [0.5, 0.6) is 0 Å². The minimum Gasteiger partial charge on any atom is -0.469 e. The molecule has 3 rings (SSSR count). The Balaban J connectivity index is 2.11.